The van der Waals surface area contributed by atoms with Crippen molar-refractivity contribution in [1.82, 2.24) is 14.8 Å². The first-order valence-electron chi connectivity index (χ1n) is 11.0. The number of nitrogens with zero attached hydrogens (tertiary/aromatic N) is 3. The molecule has 0 saturated heterocycles. The van der Waals surface area contributed by atoms with Gasteiger partial charge >= 0.3 is 0 Å². The number of carbonyl (C=O) groups excluding carboxylic acids is 1. The lowest BCUT2D eigenvalue weighted by Crippen LogP contribution is -2.24. The second-order valence-corrected chi connectivity index (χ2v) is 9.78. The molecule has 1 saturated carbocycles. The minimum atomic E-state index is -0.309. The molecule has 1 aliphatic carbocycles. The average Bonchev–Trinajstić information content (AvgIpc) is 3.41. The van der Waals surface area contributed by atoms with E-state index >= 15 is 0 Å². The first-order chi connectivity index (χ1) is 14.9. The Labute approximate surface area is 187 Å². The molecule has 1 amide bonds. The van der Waals surface area contributed by atoms with Crippen molar-refractivity contribution in [2.45, 2.75) is 76.2 Å². The van der Waals surface area contributed by atoms with Crippen LogP contribution < -0.4 is 5.32 Å². The van der Waals surface area contributed by atoms with Crippen molar-refractivity contribution < 1.29 is 9.21 Å². The topological polar surface area (TPSA) is 73.0 Å². The smallest absolute Gasteiger partial charge is 0.237 e. The third kappa shape index (κ3) is 4.71. The molecule has 164 valence electrons. The predicted molar refractivity (Wildman–Crippen MR) is 124 cm³/mol. The van der Waals surface area contributed by atoms with Gasteiger partial charge in [-0.05, 0) is 63.8 Å². The normalized spacial score (nSPS) is 15.7. The van der Waals surface area contributed by atoms with Gasteiger partial charge in [0.05, 0.1) is 11.5 Å². The SMILES string of the molecule is Cc1cc(C)c(NC(=O)C(C)Sc2nnc(-c3ccco3)n2C2CCCCC2)c(C)c1. The molecule has 0 radical (unpaired) electrons. The van der Waals surface area contributed by atoms with E-state index in [0.29, 0.717) is 11.8 Å². The second-order valence-electron chi connectivity index (χ2n) is 8.47. The zero-order valence-electron chi connectivity index (χ0n) is 18.6. The van der Waals surface area contributed by atoms with Crippen LogP contribution in [0.25, 0.3) is 11.6 Å². The summed E-state index contributed by atoms with van der Waals surface area (Å²) in [6, 6.07) is 8.30. The van der Waals surface area contributed by atoms with Gasteiger partial charge in [-0.2, -0.15) is 0 Å². The molecule has 1 aliphatic rings. The largest absolute Gasteiger partial charge is 0.461 e. The Morgan fingerprint density at radius 1 is 1.16 bits per heavy atom. The molecule has 1 fully saturated rings. The van der Waals surface area contributed by atoms with Crippen molar-refractivity contribution in [3.63, 3.8) is 0 Å². The standard InChI is InChI=1S/C24H30N4O2S/c1-15-13-16(2)21(17(3)14-15)25-23(29)18(4)31-24-27-26-22(20-11-8-12-30-20)28(24)19-9-6-5-7-10-19/h8,11-14,18-19H,5-7,9-10H2,1-4H3,(H,25,29). The zero-order chi connectivity index (χ0) is 22.0. The van der Waals surface area contributed by atoms with Crippen LogP contribution in [0.2, 0.25) is 0 Å². The fraction of sp³-hybridized carbons (Fsp3) is 0.458. The molecule has 31 heavy (non-hydrogen) atoms. The Hall–Kier alpha value is -2.54. The van der Waals surface area contributed by atoms with Crippen molar-refractivity contribution in [2.75, 3.05) is 5.32 Å². The fourth-order valence-corrected chi connectivity index (χ4v) is 5.33. The Balaban J connectivity index is 1.56. The molecule has 1 unspecified atom stereocenters. The summed E-state index contributed by atoms with van der Waals surface area (Å²) in [5.41, 5.74) is 4.25. The number of rotatable bonds is 6. The Kier molecular flexibility index (Phi) is 6.51. The van der Waals surface area contributed by atoms with E-state index in [1.165, 1.54) is 36.6 Å². The number of hydrogen-bond acceptors (Lipinski definition) is 5. The average molecular weight is 439 g/mol. The summed E-state index contributed by atoms with van der Waals surface area (Å²) in [6.07, 6.45) is 7.53. The fourth-order valence-electron chi connectivity index (χ4n) is 4.41. The minimum absolute atomic E-state index is 0.0298. The quantitative estimate of drug-likeness (QED) is 0.472. The van der Waals surface area contributed by atoms with Crippen molar-refractivity contribution in [3.8, 4) is 11.6 Å². The highest BCUT2D eigenvalue weighted by atomic mass is 32.2. The van der Waals surface area contributed by atoms with Crippen LogP contribution in [0.3, 0.4) is 0 Å². The third-order valence-electron chi connectivity index (χ3n) is 5.92. The van der Waals surface area contributed by atoms with Gasteiger partial charge in [0.15, 0.2) is 10.9 Å². The molecule has 0 bridgehead atoms. The summed E-state index contributed by atoms with van der Waals surface area (Å²) < 4.78 is 7.81. The molecule has 1 aromatic carbocycles. The maximum atomic E-state index is 13.0. The van der Waals surface area contributed by atoms with E-state index in [1.807, 2.05) is 32.9 Å². The number of aromatic nitrogens is 3. The lowest BCUT2D eigenvalue weighted by atomic mass is 9.95. The van der Waals surface area contributed by atoms with E-state index in [4.69, 9.17) is 4.42 Å². The number of nitrogens with one attached hydrogen (secondary N) is 1. The Morgan fingerprint density at radius 3 is 2.52 bits per heavy atom. The molecule has 3 aromatic rings. The van der Waals surface area contributed by atoms with E-state index < -0.39 is 0 Å². The second kappa shape index (κ2) is 9.30. The molecule has 6 nitrogen and oxygen atoms in total. The van der Waals surface area contributed by atoms with E-state index in [0.717, 1.165) is 40.6 Å². The lowest BCUT2D eigenvalue weighted by molar-refractivity contribution is -0.115. The van der Waals surface area contributed by atoms with E-state index in [2.05, 4.69) is 39.1 Å². The molecular weight excluding hydrogens is 408 g/mol. The van der Waals surface area contributed by atoms with Gasteiger partial charge in [-0.25, -0.2) is 0 Å². The maximum Gasteiger partial charge on any atom is 0.237 e. The molecule has 1 atom stereocenters. The highest BCUT2D eigenvalue weighted by Gasteiger charge is 2.27. The van der Waals surface area contributed by atoms with Crippen LogP contribution in [-0.2, 0) is 4.79 Å². The number of aryl methyl sites for hydroxylation is 3. The van der Waals surface area contributed by atoms with Crippen LogP contribution >= 0.6 is 11.8 Å². The number of furan rings is 1. The number of anilines is 1. The Bertz CT molecular complexity index is 1030. The summed E-state index contributed by atoms with van der Waals surface area (Å²) in [7, 11) is 0. The van der Waals surface area contributed by atoms with E-state index in [9.17, 15) is 4.79 Å². The highest BCUT2D eigenvalue weighted by Crippen LogP contribution is 2.37. The van der Waals surface area contributed by atoms with Crippen molar-refractivity contribution in [1.29, 1.82) is 0 Å². The summed E-state index contributed by atoms with van der Waals surface area (Å²) in [5.74, 6) is 1.43. The molecule has 7 heteroatoms. The monoisotopic (exact) mass is 438 g/mol. The van der Waals surface area contributed by atoms with Gasteiger partial charge in [-0.3, -0.25) is 9.36 Å². The first kappa shape index (κ1) is 21.7. The van der Waals surface area contributed by atoms with Crippen LogP contribution in [-0.4, -0.2) is 25.9 Å². The van der Waals surface area contributed by atoms with Gasteiger partial charge in [-0.15, -0.1) is 10.2 Å². The molecule has 1 N–H and O–H groups in total. The summed E-state index contributed by atoms with van der Waals surface area (Å²) in [4.78, 5) is 13.0. The summed E-state index contributed by atoms with van der Waals surface area (Å²) in [6.45, 7) is 8.05. The molecule has 2 aromatic heterocycles. The molecule has 0 spiro atoms. The number of hydrogen-bond donors (Lipinski definition) is 1. The summed E-state index contributed by atoms with van der Waals surface area (Å²) in [5, 5.41) is 12.5. The van der Waals surface area contributed by atoms with Gasteiger partial charge in [-0.1, -0.05) is 48.7 Å². The van der Waals surface area contributed by atoms with Gasteiger partial charge in [0.25, 0.3) is 0 Å². The van der Waals surface area contributed by atoms with Crippen LogP contribution in [0.5, 0.6) is 0 Å². The van der Waals surface area contributed by atoms with Gasteiger partial charge in [0.2, 0.25) is 11.7 Å². The van der Waals surface area contributed by atoms with Crippen LogP contribution in [0.15, 0.2) is 40.1 Å². The van der Waals surface area contributed by atoms with Crippen molar-refractivity contribution in [3.05, 3.63) is 47.2 Å². The first-order valence-corrected chi connectivity index (χ1v) is 11.9. The molecule has 4 rings (SSSR count). The van der Waals surface area contributed by atoms with Crippen LogP contribution in [0.1, 0.15) is 61.8 Å². The number of carbonyl (C=O) groups is 1. The maximum absolute atomic E-state index is 13.0. The summed E-state index contributed by atoms with van der Waals surface area (Å²) >= 11 is 1.46. The molecular formula is C24H30N4O2S. The molecule has 2 heterocycles. The highest BCUT2D eigenvalue weighted by molar-refractivity contribution is 8.00. The third-order valence-corrected chi connectivity index (χ3v) is 6.98. The van der Waals surface area contributed by atoms with Crippen molar-refractivity contribution in [2.24, 2.45) is 0 Å². The van der Waals surface area contributed by atoms with Crippen LogP contribution in [0.4, 0.5) is 5.69 Å². The number of amides is 1. The minimum Gasteiger partial charge on any atom is -0.461 e. The zero-order valence-corrected chi connectivity index (χ0v) is 19.5. The van der Waals surface area contributed by atoms with Gasteiger partial charge in [0.1, 0.15) is 0 Å². The number of benzene rings is 1. The predicted octanol–water partition coefficient (Wildman–Crippen LogP) is 6.09. The van der Waals surface area contributed by atoms with Gasteiger partial charge < -0.3 is 9.73 Å². The van der Waals surface area contributed by atoms with Crippen LogP contribution in [0, 0.1) is 20.8 Å². The lowest BCUT2D eigenvalue weighted by Gasteiger charge is -2.25. The molecule has 0 aliphatic heterocycles. The van der Waals surface area contributed by atoms with E-state index in [-0.39, 0.29) is 11.2 Å². The van der Waals surface area contributed by atoms with E-state index in [1.54, 1.807) is 6.26 Å². The number of thioether (sulfide) groups is 1. The van der Waals surface area contributed by atoms with Crippen molar-refractivity contribution >= 4 is 23.4 Å². The Morgan fingerprint density at radius 2 is 1.87 bits per heavy atom. The van der Waals surface area contributed by atoms with Gasteiger partial charge in [0, 0.05) is 11.7 Å².